The summed E-state index contributed by atoms with van der Waals surface area (Å²) in [6, 6.07) is 7.46. The Hall–Kier alpha value is -1.64. The van der Waals surface area contributed by atoms with E-state index < -0.39 is 10.2 Å². The third-order valence-corrected chi connectivity index (χ3v) is 6.08. The van der Waals surface area contributed by atoms with Crippen LogP contribution in [0.4, 0.5) is 0 Å². The summed E-state index contributed by atoms with van der Waals surface area (Å²) in [4.78, 5) is 12.4. The molecule has 1 amide bonds. The summed E-state index contributed by atoms with van der Waals surface area (Å²) in [5, 5.41) is 2.89. The molecule has 1 aliphatic rings. The molecular weight excluding hydrogens is 330 g/mol. The maximum Gasteiger partial charge on any atom is 0.281 e. The van der Waals surface area contributed by atoms with Crippen LogP contribution in [-0.2, 0) is 21.5 Å². The van der Waals surface area contributed by atoms with Gasteiger partial charge in [-0.05, 0) is 30.5 Å². The highest BCUT2D eigenvalue weighted by Crippen LogP contribution is 2.20. The van der Waals surface area contributed by atoms with E-state index in [1.165, 1.54) is 22.7 Å². The molecule has 1 heterocycles. The molecule has 1 aromatic rings. The quantitative estimate of drug-likeness (QED) is 0.820. The van der Waals surface area contributed by atoms with E-state index in [-0.39, 0.29) is 18.4 Å². The lowest BCUT2D eigenvalue weighted by Gasteiger charge is -2.32. The summed E-state index contributed by atoms with van der Waals surface area (Å²) in [5.74, 6) is 0.345. The molecule has 7 nitrogen and oxygen atoms in total. The average molecular weight is 355 g/mol. The molecule has 24 heavy (non-hydrogen) atoms. The molecule has 1 aromatic carbocycles. The second kappa shape index (κ2) is 7.96. The number of ether oxygens (including phenoxy) is 1. The van der Waals surface area contributed by atoms with Gasteiger partial charge < -0.3 is 10.1 Å². The molecule has 1 saturated heterocycles. The summed E-state index contributed by atoms with van der Waals surface area (Å²) in [7, 11) is 1.14. The molecule has 1 N–H and O–H groups in total. The topological polar surface area (TPSA) is 79.0 Å². The van der Waals surface area contributed by atoms with Gasteiger partial charge in [-0.15, -0.1) is 0 Å². The number of carbonyl (C=O) groups excluding carboxylic acids is 1. The Morgan fingerprint density at radius 3 is 2.58 bits per heavy atom. The van der Waals surface area contributed by atoms with E-state index in [1.807, 2.05) is 24.3 Å². The van der Waals surface area contributed by atoms with Gasteiger partial charge in [0.25, 0.3) is 10.2 Å². The van der Waals surface area contributed by atoms with E-state index in [4.69, 9.17) is 4.74 Å². The molecule has 0 aromatic heterocycles. The molecule has 1 fully saturated rings. The average Bonchev–Trinajstić information content (AvgIpc) is 2.60. The van der Waals surface area contributed by atoms with Crippen LogP contribution in [-0.4, -0.2) is 57.2 Å². The minimum Gasteiger partial charge on any atom is -0.497 e. The van der Waals surface area contributed by atoms with E-state index >= 15 is 0 Å². The van der Waals surface area contributed by atoms with E-state index in [0.717, 1.165) is 11.3 Å². The van der Waals surface area contributed by atoms with Crippen molar-refractivity contribution in [2.24, 2.45) is 5.92 Å². The van der Waals surface area contributed by atoms with Gasteiger partial charge >= 0.3 is 0 Å². The van der Waals surface area contributed by atoms with Crippen LogP contribution in [0.5, 0.6) is 5.75 Å². The number of piperidine rings is 1. The maximum absolute atomic E-state index is 12.4. The number of hydrogen-bond acceptors (Lipinski definition) is 4. The molecular formula is C16H25N3O4S. The molecule has 0 saturated carbocycles. The first-order valence-electron chi connectivity index (χ1n) is 7.93. The van der Waals surface area contributed by atoms with Crippen molar-refractivity contribution in [3.05, 3.63) is 29.8 Å². The van der Waals surface area contributed by atoms with Gasteiger partial charge in [0.2, 0.25) is 5.91 Å². The van der Waals surface area contributed by atoms with E-state index in [2.05, 4.69) is 5.32 Å². The summed E-state index contributed by atoms with van der Waals surface area (Å²) in [6.07, 6.45) is 1.39. The first kappa shape index (κ1) is 18.7. The van der Waals surface area contributed by atoms with Crippen molar-refractivity contribution in [1.29, 1.82) is 0 Å². The maximum atomic E-state index is 12.4. The number of nitrogens with one attached hydrogen (secondary N) is 1. The van der Waals surface area contributed by atoms with Crippen molar-refractivity contribution in [3.8, 4) is 5.75 Å². The minimum atomic E-state index is -3.47. The molecule has 0 bridgehead atoms. The normalized spacial score (nSPS) is 19.2. The number of benzene rings is 1. The lowest BCUT2D eigenvalue weighted by molar-refractivity contribution is -0.126. The first-order chi connectivity index (χ1) is 11.3. The van der Waals surface area contributed by atoms with Crippen LogP contribution < -0.4 is 10.1 Å². The van der Waals surface area contributed by atoms with Crippen molar-refractivity contribution in [3.63, 3.8) is 0 Å². The van der Waals surface area contributed by atoms with Gasteiger partial charge in [0.05, 0.1) is 13.0 Å². The number of amides is 1. The van der Waals surface area contributed by atoms with Gasteiger partial charge in [0.15, 0.2) is 0 Å². The molecule has 8 heteroatoms. The molecule has 0 aliphatic carbocycles. The van der Waals surface area contributed by atoms with Crippen LogP contribution in [0, 0.1) is 5.92 Å². The molecule has 0 spiro atoms. The smallest absolute Gasteiger partial charge is 0.281 e. The van der Waals surface area contributed by atoms with E-state index in [9.17, 15) is 13.2 Å². The van der Waals surface area contributed by atoms with Crippen molar-refractivity contribution >= 4 is 16.1 Å². The second-order valence-corrected chi connectivity index (χ2v) is 8.20. The number of carbonyl (C=O) groups is 1. The second-order valence-electron chi connectivity index (χ2n) is 6.05. The zero-order chi connectivity index (χ0) is 17.7. The van der Waals surface area contributed by atoms with Crippen LogP contribution in [0.15, 0.2) is 24.3 Å². The lowest BCUT2D eigenvalue weighted by Crippen LogP contribution is -2.48. The van der Waals surface area contributed by atoms with Gasteiger partial charge in [-0.1, -0.05) is 12.1 Å². The molecule has 1 unspecified atom stereocenters. The Kier molecular flexibility index (Phi) is 6.20. The Balaban J connectivity index is 1.92. The minimum absolute atomic E-state index is 0.107. The SMILES string of the molecule is COc1ccc(CNC(=O)C2CCCN(S(=O)(=O)N(C)C)C2)cc1. The van der Waals surface area contributed by atoms with Crippen molar-refractivity contribution in [2.45, 2.75) is 19.4 Å². The molecule has 2 rings (SSSR count). The van der Waals surface area contributed by atoms with Crippen molar-refractivity contribution in [1.82, 2.24) is 13.9 Å². The Labute approximate surface area is 143 Å². The van der Waals surface area contributed by atoms with Crippen molar-refractivity contribution in [2.75, 3.05) is 34.3 Å². The largest absolute Gasteiger partial charge is 0.497 e. The fourth-order valence-electron chi connectivity index (χ4n) is 2.67. The van der Waals surface area contributed by atoms with Gasteiger partial charge in [-0.25, -0.2) is 0 Å². The van der Waals surface area contributed by atoms with Crippen LogP contribution in [0.25, 0.3) is 0 Å². The summed E-state index contributed by atoms with van der Waals surface area (Å²) in [6.45, 7) is 1.11. The van der Waals surface area contributed by atoms with Crippen LogP contribution >= 0.6 is 0 Å². The zero-order valence-electron chi connectivity index (χ0n) is 14.4. The molecule has 134 valence electrons. The number of rotatable bonds is 6. The number of nitrogens with zero attached hydrogens (tertiary/aromatic N) is 2. The predicted molar refractivity (Wildman–Crippen MR) is 91.7 cm³/mol. The van der Waals surface area contributed by atoms with Gasteiger partial charge in [0, 0.05) is 33.7 Å². The fourth-order valence-corrected chi connectivity index (χ4v) is 3.86. The lowest BCUT2D eigenvalue weighted by atomic mass is 9.99. The molecule has 0 radical (unpaired) electrons. The van der Waals surface area contributed by atoms with Gasteiger partial charge in [-0.2, -0.15) is 17.0 Å². The number of hydrogen-bond donors (Lipinski definition) is 1. The third kappa shape index (κ3) is 4.46. The van der Waals surface area contributed by atoms with Crippen molar-refractivity contribution < 1.29 is 17.9 Å². The number of methoxy groups -OCH3 is 1. The summed E-state index contributed by atoms with van der Waals surface area (Å²) < 4.78 is 32.1. The first-order valence-corrected chi connectivity index (χ1v) is 9.32. The monoisotopic (exact) mass is 355 g/mol. The zero-order valence-corrected chi connectivity index (χ0v) is 15.2. The highest BCUT2D eigenvalue weighted by molar-refractivity contribution is 7.86. The predicted octanol–water partition coefficient (Wildman–Crippen LogP) is 0.830. The molecule has 1 aliphatic heterocycles. The van der Waals surface area contributed by atoms with Crippen LogP contribution in [0.3, 0.4) is 0 Å². The van der Waals surface area contributed by atoms with Gasteiger partial charge in [-0.3, -0.25) is 4.79 Å². The van der Waals surface area contributed by atoms with E-state index in [0.29, 0.717) is 25.9 Å². The third-order valence-electron chi connectivity index (χ3n) is 4.17. The fraction of sp³-hybridized carbons (Fsp3) is 0.562. The summed E-state index contributed by atoms with van der Waals surface area (Å²) in [5.41, 5.74) is 0.970. The highest BCUT2D eigenvalue weighted by Gasteiger charge is 2.33. The molecule has 1 atom stereocenters. The highest BCUT2D eigenvalue weighted by atomic mass is 32.2. The van der Waals surface area contributed by atoms with Crippen LogP contribution in [0.1, 0.15) is 18.4 Å². The van der Waals surface area contributed by atoms with E-state index in [1.54, 1.807) is 7.11 Å². The Morgan fingerprint density at radius 2 is 2.00 bits per heavy atom. The van der Waals surface area contributed by atoms with Crippen LogP contribution in [0.2, 0.25) is 0 Å². The van der Waals surface area contributed by atoms with Gasteiger partial charge in [0.1, 0.15) is 5.75 Å². The standard InChI is InChI=1S/C16H25N3O4S/c1-18(2)24(21,22)19-10-4-5-14(12-19)16(20)17-11-13-6-8-15(23-3)9-7-13/h6-9,14H,4-5,10-12H2,1-3H3,(H,17,20). The Bertz CT molecular complexity index is 658. The summed E-state index contributed by atoms with van der Waals surface area (Å²) >= 11 is 0. The Morgan fingerprint density at radius 1 is 1.33 bits per heavy atom.